The van der Waals surface area contributed by atoms with Crippen LogP contribution in [0, 0.1) is 10.1 Å². The maximum atomic E-state index is 12.2. The number of carbonyl (C=O) groups is 3. The highest BCUT2D eigenvalue weighted by Gasteiger charge is 2.27. The molecule has 0 spiro atoms. The molecule has 1 atom stereocenters. The average Bonchev–Trinajstić information content (AvgIpc) is 2.46. The van der Waals surface area contributed by atoms with Crippen molar-refractivity contribution in [3.8, 4) is 0 Å². The fourth-order valence-corrected chi connectivity index (χ4v) is 1.82. The molecule has 28 heavy (non-hydrogen) atoms. The first-order chi connectivity index (χ1) is 12.7. The topological polar surface area (TPSA) is 143 Å². The fourth-order valence-electron chi connectivity index (χ4n) is 1.82. The van der Waals surface area contributed by atoms with Gasteiger partial charge >= 0.3 is 18.0 Å². The van der Waals surface area contributed by atoms with Crippen LogP contribution in [0.25, 0.3) is 0 Å². The van der Waals surface area contributed by atoms with Crippen LogP contribution in [-0.2, 0) is 28.6 Å². The van der Waals surface area contributed by atoms with Crippen molar-refractivity contribution in [2.45, 2.75) is 78.0 Å². The third kappa shape index (κ3) is 14.6. The molecule has 0 unspecified atom stereocenters. The van der Waals surface area contributed by atoms with E-state index >= 15 is 0 Å². The largest absolute Gasteiger partial charge is 0.464 e. The van der Waals surface area contributed by atoms with Crippen molar-refractivity contribution >= 4 is 18.0 Å². The Kier molecular flexibility index (Phi) is 10.3. The van der Waals surface area contributed by atoms with E-state index in [1.165, 1.54) is 0 Å². The first-order valence-electron chi connectivity index (χ1n) is 8.85. The van der Waals surface area contributed by atoms with Crippen LogP contribution in [-0.4, -0.2) is 53.6 Å². The number of amides is 1. The Morgan fingerprint density at radius 3 is 2.07 bits per heavy atom. The highest BCUT2D eigenvalue weighted by atomic mass is 16.9. The van der Waals surface area contributed by atoms with E-state index in [-0.39, 0.29) is 32.5 Å². The van der Waals surface area contributed by atoms with Crippen molar-refractivity contribution in [1.29, 1.82) is 0 Å². The highest BCUT2D eigenvalue weighted by Crippen LogP contribution is 2.12. The Morgan fingerprint density at radius 1 is 1.00 bits per heavy atom. The van der Waals surface area contributed by atoms with Gasteiger partial charge in [0.2, 0.25) is 0 Å². The minimum Gasteiger partial charge on any atom is -0.464 e. The number of carbonyl (C=O) groups excluding carboxylic acids is 3. The Bertz CT molecular complexity index is 550. The summed E-state index contributed by atoms with van der Waals surface area (Å²) in [5.74, 6) is -1.33. The molecule has 0 aliphatic carbocycles. The number of nitrogens with zero attached hydrogens (tertiary/aromatic N) is 1. The maximum absolute atomic E-state index is 12.2. The molecule has 0 aromatic rings. The Hall–Kier alpha value is -2.59. The van der Waals surface area contributed by atoms with E-state index in [0.29, 0.717) is 0 Å². The SMILES string of the molecule is CC(C)(C)OC(=O)CC[C@H](NC(=O)OC(C)(C)C)C(=O)OCCCO[N+](=O)[O-]. The van der Waals surface area contributed by atoms with Gasteiger partial charge in [-0.1, -0.05) is 0 Å². The normalized spacial score (nSPS) is 12.5. The summed E-state index contributed by atoms with van der Waals surface area (Å²) in [5, 5.41) is 11.5. The number of alkyl carbamates (subject to hydrolysis) is 1. The summed E-state index contributed by atoms with van der Waals surface area (Å²) in [4.78, 5) is 50.2. The lowest BCUT2D eigenvalue weighted by Crippen LogP contribution is -2.44. The Labute approximate surface area is 164 Å². The Morgan fingerprint density at radius 2 is 1.57 bits per heavy atom. The molecular formula is C17H30N2O9. The lowest BCUT2D eigenvalue weighted by Gasteiger charge is -2.23. The summed E-state index contributed by atoms with van der Waals surface area (Å²) in [6, 6.07) is -1.14. The van der Waals surface area contributed by atoms with Crippen LogP contribution in [0.4, 0.5) is 4.79 Å². The van der Waals surface area contributed by atoms with Crippen LogP contribution < -0.4 is 5.32 Å². The lowest BCUT2D eigenvalue weighted by molar-refractivity contribution is -0.757. The molecule has 0 aliphatic rings. The van der Waals surface area contributed by atoms with Crippen molar-refractivity contribution < 1.29 is 38.5 Å². The van der Waals surface area contributed by atoms with E-state index in [2.05, 4.69) is 10.2 Å². The first-order valence-corrected chi connectivity index (χ1v) is 8.85. The first kappa shape index (κ1) is 25.4. The third-order valence-electron chi connectivity index (χ3n) is 2.76. The number of nitrogens with one attached hydrogen (secondary N) is 1. The van der Waals surface area contributed by atoms with Crippen LogP contribution in [0.15, 0.2) is 0 Å². The summed E-state index contributed by atoms with van der Waals surface area (Å²) in [6.07, 6.45) is -0.927. The predicted octanol–water partition coefficient (Wildman–Crippen LogP) is 2.14. The van der Waals surface area contributed by atoms with Crippen molar-refractivity contribution in [3.63, 3.8) is 0 Å². The number of rotatable bonds is 10. The smallest absolute Gasteiger partial charge is 0.408 e. The molecule has 0 aromatic carbocycles. The van der Waals surface area contributed by atoms with E-state index in [4.69, 9.17) is 14.2 Å². The molecule has 0 rings (SSSR count). The monoisotopic (exact) mass is 406 g/mol. The van der Waals surface area contributed by atoms with E-state index in [0.717, 1.165) is 0 Å². The van der Waals surface area contributed by atoms with Crippen molar-refractivity contribution in [2.24, 2.45) is 0 Å². The standard InChI is InChI=1S/C17H30N2O9/c1-16(2,3)27-13(20)9-8-12(18-15(22)28-17(4,5)6)14(21)25-10-7-11-26-19(23)24/h12H,7-11H2,1-6H3,(H,18,22)/t12-/m0/s1. The second kappa shape index (κ2) is 11.3. The molecule has 1 amide bonds. The molecule has 11 heteroatoms. The summed E-state index contributed by atoms with van der Waals surface area (Å²) in [5.41, 5.74) is -1.45. The summed E-state index contributed by atoms with van der Waals surface area (Å²) >= 11 is 0. The van der Waals surface area contributed by atoms with E-state index in [1.807, 2.05) is 0 Å². The van der Waals surface area contributed by atoms with Crippen molar-refractivity contribution in [2.75, 3.05) is 13.2 Å². The van der Waals surface area contributed by atoms with Gasteiger partial charge in [0.1, 0.15) is 17.2 Å². The summed E-state index contributed by atoms with van der Waals surface area (Å²) in [6.45, 7) is 9.74. The van der Waals surface area contributed by atoms with Gasteiger partial charge in [0.25, 0.3) is 5.09 Å². The van der Waals surface area contributed by atoms with E-state index in [1.54, 1.807) is 41.5 Å². The molecule has 162 valence electrons. The fraction of sp³-hybridized carbons (Fsp3) is 0.824. The molecule has 0 bridgehead atoms. The number of hydrogen-bond donors (Lipinski definition) is 1. The number of ether oxygens (including phenoxy) is 3. The van der Waals surface area contributed by atoms with Crippen LogP contribution >= 0.6 is 0 Å². The zero-order valence-corrected chi connectivity index (χ0v) is 17.2. The van der Waals surface area contributed by atoms with Crippen LogP contribution in [0.1, 0.15) is 60.8 Å². The molecule has 0 saturated heterocycles. The van der Waals surface area contributed by atoms with Gasteiger partial charge in [-0.05, 0) is 48.0 Å². The van der Waals surface area contributed by atoms with Crippen molar-refractivity contribution in [1.82, 2.24) is 5.32 Å². The van der Waals surface area contributed by atoms with Crippen LogP contribution in [0.3, 0.4) is 0 Å². The second-order valence-electron chi connectivity index (χ2n) is 7.90. The number of esters is 2. The summed E-state index contributed by atoms with van der Waals surface area (Å²) in [7, 11) is 0. The summed E-state index contributed by atoms with van der Waals surface area (Å²) < 4.78 is 15.3. The van der Waals surface area contributed by atoms with E-state index < -0.39 is 40.4 Å². The minimum absolute atomic E-state index is 0.0572. The van der Waals surface area contributed by atoms with Gasteiger partial charge in [0.15, 0.2) is 0 Å². The van der Waals surface area contributed by atoms with Crippen LogP contribution in [0.5, 0.6) is 0 Å². The molecule has 0 fully saturated rings. The van der Waals surface area contributed by atoms with Crippen LogP contribution in [0.2, 0.25) is 0 Å². The molecule has 0 aliphatic heterocycles. The van der Waals surface area contributed by atoms with E-state index in [9.17, 15) is 24.5 Å². The molecule has 0 heterocycles. The van der Waals surface area contributed by atoms with Gasteiger partial charge in [-0.2, -0.15) is 0 Å². The maximum Gasteiger partial charge on any atom is 0.408 e. The lowest BCUT2D eigenvalue weighted by atomic mass is 10.1. The number of hydrogen-bond acceptors (Lipinski definition) is 9. The third-order valence-corrected chi connectivity index (χ3v) is 2.76. The minimum atomic E-state index is -1.14. The second-order valence-corrected chi connectivity index (χ2v) is 7.90. The zero-order chi connectivity index (χ0) is 22.0. The van der Waals surface area contributed by atoms with Gasteiger partial charge in [-0.25, -0.2) is 9.59 Å². The molecule has 0 radical (unpaired) electrons. The van der Waals surface area contributed by atoms with Gasteiger partial charge in [0.05, 0.1) is 13.2 Å². The highest BCUT2D eigenvalue weighted by molar-refractivity contribution is 5.82. The molecule has 0 aromatic heterocycles. The van der Waals surface area contributed by atoms with Gasteiger partial charge in [-0.3, -0.25) is 4.79 Å². The molecular weight excluding hydrogens is 376 g/mol. The average molecular weight is 406 g/mol. The van der Waals surface area contributed by atoms with Gasteiger partial charge in [0, 0.05) is 12.8 Å². The molecule has 11 nitrogen and oxygen atoms in total. The van der Waals surface area contributed by atoms with Gasteiger partial charge in [-0.15, -0.1) is 10.1 Å². The predicted molar refractivity (Wildman–Crippen MR) is 96.8 cm³/mol. The Balaban J connectivity index is 4.73. The zero-order valence-electron chi connectivity index (χ0n) is 17.2. The van der Waals surface area contributed by atoms with Crippen molar-refractivity contribution in [3.05, 3.63) is 10.1 Å². The van der Waals surface area contributed by atoms with Gasteiger partial charge < -0.3 is 24.4 Å². The molecule has 1 N–H and O–H groups in total. The quantitative estimate of drug-likeness (QED) is 0.190. The molecule has 0 saturated carbocycles.